The molecule has 0 spiro atoms. The summed E-state index contributed by atoms with van der Waals surface area (Å²) in [5, 5.41) is 10.2. The van der Waals surface area contributed by atoms with Crippen LogP contribution in [-0.2, 0) is 9.53 Å². The highest BCUT2D eigenvalue weighted by Crippen LogP contribution is 2.45. The molecule has 4 N–H and O–H groups in total. The second-order valence-corrected chi connectivity index (χ2v) is 11.3. The van der Waals surface area contributed by atoms with Gasteiger partial charge in [-0.05, 0) is 61.4 Å². The molecule has 1 aromatic carbocycles. The second kappa shape index (κ2) is 10.3. The van der Waals surface area contributed by atoms with Gasteiger partial charge in [0.1, 0.15) is 11.5 Å². The smallest absolute Gasteiger partial charge is 0.365 e. The fraction of sp³-hybridized carbons (Fsp3) is 0.577. The molecule has 3 aromatic rings. The maximum absolute atomic E-state index is 13.5. The zero-order chi connectivity index (χ0) is 29.7. The number of ether oxygens (including phenoxy) is 1. The lowest BCUT2D eigenvalue weighted by atomic mass is 9.79. The van der Waals surface area contributed by atoms with Crippen molar-refractivity contribution in [1.29, 1.82) is 0 Å². The first-order chi connectivity index (χ1) is 19.1. The molecule has 2 aliphatic carbocycles. The van der Waals surface area contributed by atoms with Crippen molar-refractivity contribution in [2.75, 3.05) is 6.61 Å². The van der Waals surface area contributed by atoms with Crippen LogP contribution in [0.4, 0.5) is 22.0 Å². The van der Waals surface area contributed by atoms with Gasteiger partial charge in [0.25, 0.3) is 5.91 Å². The van der Waals surface area contributed by atoms with E-state index in [9.17, 15) is 31.5 Å². The number of carbonyl (C=O) groups excluding carboxylic acids is 2. The number of nitrogens with zero attached hydrogens (tertiary/aromatic N) is 3. The van der Waals surface area contributed by atoms with E-state index in [1.165, 1.54) is 0 Å². The SMILES string of the molecule is CC(C)(OC[C@@H](c1nc2ccc([C@H](NC(=O)CC3CC(F)(F)C3)C3CC3)cc2[nH]1)c1nonc1C(N)=O)C(F)(F)F. The Morgan fingerprint density at radius 2 is 1.93 bits per heavy atom. The lowest BCUT2D eigenvalue weighted by Crippen LogP contribution is -2.43. The molecular formula is C26H29F5N6O4. The average Bonchev–Trinajstić information content (AvgIpc) is 3.41. The number of hydrogen-bond donors (Lipinski definition) is 3. The molecule has 2 saturated carbocycles. The summed E-state index contributed by atoms with van der Waals surface area (Å²) in [5.74, 6) is -5.14. The van der Waals surface area contributed by atoms with Crippen LogP contribution < -0.4 is 11.1 Å². The number of halogens is 5. The van der Waals surface area contributed by atoms with Crippen LogP contribution in [0.5, 0.6) is 0 Å². The predicted molar refractivity (Wildman–Crippen MR) is 133 cm³/mol. The summed E-state index contributed by atoms with van der Waals surface area (Å²) in [6.07, 6.45) is -3.46. The largest absolute Gasteiger partial charge is 0.416 e. The molecule has 2 aromatic heterocycles. The summed E-state index contributed by atoms with van der Waals surface area (Å²) < 4.78 is 76.7. The number of alkyl halides is 5. The fourth-order valence-corrected chi connectivity index (χ4v) is 4.99. The number of fused-ring (bicyclic) bond motifs is 1. The van der Waals surface area contributed by atoms with Crippen LogP contribution in [0.15, 0.2) is 22.8 Å². The van der Waals surface area contributed by atoms with Gasteiger partial charge in [-0.25, -0.2) is 18.4 Å². The number of H-pyrrole nitrogens is 1. The summed E-state index contributed by atoms with van der Waals surface area (Å²) in [6.45, 7) is 1.15. The molecule has 2 fully saturated rings. The highest BCUT2D eigenvalue weighted by atomic mass is 19.4. The Hall–Kier alpha value is -3.62. The van der Waals surface area contributed by atoms with E-state index in [1.807, 2.05) is 0 Å². The van der Waals surface area contributed by atoms with E-state index < -0.39 is 36.1 Å². The minimum Gasteiger partial charge on any atom is -0.365 e. The van der Waals surface area contributed by atoms with Crippen molar-refractivity contribution in [2.24, 2.45) is 17.6 Å². The Bertz CT molecular complexity index is 1440. The number of imidazole rings is 1. The van der Waals surface area contributed by atoms with Gasteiger partial charge in [-0.2, -0.15) is 13.2 Å². The van der Waals surface area contributed by atoms with Gasteiger partial charge in [-0.15, -0.1) is 0 Å². The Labute approximate surface area is 230 Å². The van der Waals surface area contributed by atoms with E-state index in [0.717, 1.165) is 32.3 Å². The molecule has 15 heteroatoms. The molecule has 2 heterocycles. The minimum absolute atomic E-state index is 0.0269. The third-order valence-corrected chi connectivity index (χ3v) is 7.64. The van der Waals surface area contributed by atoms with Crippen molar-refractivity contribution in [3.05, 3.63) is 41.0 Å². The quantitative estimate of drug-likeness (QED) is 0.280. The first-order valence-electron chi connectivity index (χ1n) is 13.1. The Morgan fingerprint density at radius 1 is 1.22 bits per heavy atom. The highest BCUT2D eigenvalue weighted by molar-refractivity contribution is 5.92. The predicted octanol–water partition coefficient (Wildman–Crippen LogP) is 4.54. The number of aromatic amines is 1. The lowest BCUT2D eigenvalue weighted by Gasteiger charge is -2.34. The van der Waals surface area contributed by atoms with E-state index >= 15 is 0 Å². The van der Waals surface area contributed by atoms with Gasteiger partial charge in [0, 0.05) is 19.3 Å². The second-order valence-electron chi connectivity index (χ2n) is 11.3. The van der Waals surface area contributed by atoms with Crippen molar-refractivity contribution in [1.82, 2.24) is 25.6 Å². The number of primary amides is 1. The molecule has 2 amide bonds. The fourth-order valence-electron chi connectivity index (χ4n) is 4.99. The van der Waals surface area contributed by atoms with Crippen LogP contribution in [0.3, 0.4) is 0 Å². The number of benzene rings is 1. The maximum atomic E-state index is 13.5. The number of nitrogens with two attached hydrogens (primary N) is 1. The van der Waals surface area contributed by atoms with Crippen LogP contribution in [-0.4, -0.2) is 56.4 Å². The van der Waals surface area contributed by atoms with Gasteiger partial charge in [0.2, 0.25) is 11.8 Å². The monoisotopic (exact) mass is 584 g/mol. The zero-order valence-corrected chi connectivity index (χ0v) is 22.2. The zero-order valence-electron chi connectivity index (χ0n) is 22.2. The standard InChI is InChI=1S/C26H29F5N6O4/c1-24(2,26(29,30)31)40-11-15(20-21(22(32)39)37-41-36-20)23-33-16-6-5-14(8-17(16)34-23)19(13-3-4-13)35-18(38)7-12-9-25(27,28)10-12/h5-6,8,12-13,15,19H,3-4,7,9-11H2,1-2H3,(H2,32,39)(H,33,34)(H,35,38)/t15-,19-/m1/s1. The number of carbonyl (C=O) groups is 2. The molecule has 0 unspecified atom stereocenters. The van der Waals surface area contributed by atoms with Gasteiger partial charge in [-0.1, -0.05) is 11.2 Å². The Morgan fingerprint density at radius 3 is 2.54 bits per heavy atom. The van der Waals surface area contributed by atoms with Gasteiger partial charge in [0.05, 0.1) is 29.6 Å². The van der Waals surface area contributed by atoms with Gasteiger partial charge in [-0.3, -0.25) is 9.59 Å². The molecule has 5 rings (SSSR count). The molecule has 2 atom stereocenters. The molecule has 41 heavy (non-hydrogen) atoms. The normalized spacial score (nSPS) is 19.1. The first kappa shape index (κ1) is 28.9. The van der Waals surface area contributed by atoms with E-state index in [-0.39, 0.29) is 60.3 Å². The minimum atomic E-state index is -4.68. The Balaban J connectivity index is 1.40. The van der Waals surface area contributed by atoms with Crippen LogP contribution in [0.1, 0.15) is 85.5 Å². The molecular weight excluding hydrogens is 555 g/mol. The lowest BCUT2D eigenvalue weighted by molar-refractivity contribution is -0.264. The van der Waals surface area contributed by atoms with Crippen LogP contribution >= 0.6 is 0 Å². The summed E-state index contributed by atoms with van der Waals surface area (Å²) in [6, 6.07) is 4.89. The molecule has 0 saturated heterocycles. The number of aromatic nitrogens is 4. The van der Waals surface area contributed by atoms with Crippen LogP contribution in [0.25, 0.3) is 11.0 Å². The third-order valence-electron chi connectivity index (χ3n) is 7.64. The van der Waals surface area contributed by atoms with Gasteiger partial charge in [0.15, 0.2) is 11.3 Å². The topological polar surface area (TPSA) is 149 Å². The first-order valence-corrected chi connectivity index (χ1v) is 13.1. The summed E-state index contributed by atoms with van der Waals surface area (Å²) >= 11 is 0. The van der Waals surface area contributed by atoms with Crippen molar-refractivity contribution in [3.8, 4) is 0 Å². The van der Waals surface area contributed by atoms with Crippen molar-refractivity contribution < 1.29 is 40.9 Å². The molecule has 222 valence electrons. The van der Waals surface area contributed by atoms with Crippen molar-refractivity contribution in [3.63, 3.8) is 0 Å². The number of amides is 2. The molecule has 2 aliphatic rings. The van der Waals surface area contributed by atoms with E-state index in [1.54, 1.807) is 18.2 Å². The molecule has 10 nitrogen and oxygen atoms in total. The summed E-state index contributed by atoms with van der Waals surface area (Å²) in [4.78, 5) is 32.1. The number of nitrogens with one attached hydrogen (secondary N) is 2. The Kier molecular flexibility index (Phi) is 7.28. The van der Waals surface area contributed by atoms with E-state index in [0.29, 0.717) is 11.0 Å². The van der Waals surface area contributed by atoms with Crippen LogP contribution in [0, 0.1) is 11.8 Å². The van der Waals surface area contributed by atoms with Crippen molar-refractivity contribution in [2.45, 2.75) is 75.6 Å². The molecule has 0 bridgehead atoms. The van der Waals surface area contributed by atoms with E-state index in [2.05, 4.69) is 30.2 Å². The number of rotatable bonds is 11. The molecule has 0 aliphatic heterocycles. The number of hydrogen-bond acceptors (Lipinski definition) is 7. The molecule has 0 radical (unpaired) electrons. The average molecular weight is 585 g/mol. The summed E-state index contributed by atoms with van der Waals surface area (Å²) in [5.41, 5.74) is 4.05. The maximum Gasteiger partial charge on any atom is 0.416 e. The van der Waals surface area contributed by atoms with E-state index in [4.69, 9.17) is 10.5 Å². The third kappa shape index (κ3) is 6.19. The van der Waals surface area contributed by atoms with Gasteiger partial charge >= 0.3 is 6.18 Å². The van der Waals surface area contributed by atoms with Crippen molar-refractivity contribution >= 4 is 22.8 Å². The summed E-state index contributed by atoms with van der Waals surface area (Å²) in [7, 11) is 0. The van der Waals surface area contributed by atoms with Gasteiger partial charge < -0.3 is 20.8 Å². The van der Waals surface area contributed by atoms with Crippen LogP contribution in [0.2, 0.25) is 0 Å². The highest BCUT2D eigenvalue weighted by Gasteiger charge is 2.49.